The van der Waals surface area contributed by atoms with Crippen molar-refractivity contribution in [2.24, 2.45) is 5.41 Å². The number of hydrogen-bond donors (Lipinski definition) is 1. The van der Waals surface area contributed by atoms with Crippen molar-refractivity contribution < 1.29 is 4.39 Å². The SMILES string of the molecule is CCCC1(Cn2c(=S)[nH]c3cc(F)ccc32)CC1. The van der Waals surface area contributed by atoms with Gasteiger partial charge in [0.15, 0.2) is 4.77 Å². The lowest BCUT2D eigenvalue weighted by Crippen LogP contribution is -2.11. The Labute approximate surface area is 111 Å². The lowest BCUT2D eigenvalue weighted by atomic mass is 10.0. The molecule has 18 heavy (non-hydrogen) atoms. The molecule has 0 saturated heterocycles. The van der Waals surface area contributed by atoms with Crippen LogP contribution in [-0.2, 0) is 6.54 Å². The molecule has 0 bridgehead atoms. The number of benzene rings is 1. The second kappa shape index (κ2) is 4.19. The van der Waals surface area contributed by atoms with Gasteiger partial charge in [-0.2, -0.15) is 0 Å². The summed E-state index contributed by atoms with van der Waals surface area (Å²) in [6.45, 7) is 3.19. The van der Waals surface area contributed by atoms with E-state index in [1.165, 1.54) is 37.8 Å². The molecule has 0 spiro atoms. The Morgan fingerprint density at radius 1 is 1.44 bits per heavy atom. The van der Waals surface area contributed by atoms with Crippen LogP contribution in [0.4, 0.5) is 4.39 Å². The van der Waals surface area contributed by atoms with Crippen molar-refractivity contribution in [3.8, 4) is 0 Å². The van der Waals surface area contributed by atoms with Crippen LogP contribution in [0.2, 0.25) is 0 Å². The zero-order chi connectivity index (χ0) is 12.8. The molecule has 1 aromatic carbocycles. The number of aromatic amines is 1. The van der Waals surface area contributed by atoms with Gasteiger partial charge in [0.2, 0.25) is 0 Å². The third-order valence-corrected chi connectivity index (χ3v) is 4.29. The van der Waals surface area contributed by atoms with Gasteiger partial charge in [-0.25, -0.2) is 4.39 Å². The number of nitrogens with one attached hydrogen (secondary N) is 1. The summed E-state index contributed by atoms with van der Waals surface area (Å²) in [7, 11) is 0. The van der Waals surface area contributed by atoms with Gasteiger partial charge < -0.3 is 9.55 Å². The van der Waals surface area contributed by atoms with Crippen molar-refractivity contribution in [3.63, 3.8) is 0 Å². The van der Waals surface area contributed by atoms with E-state index in [1.807, 2.05) is 6.07 Å². The predicted octanol–water partition coefficient (Wildman–Crippen LogP) is 4.42. The fourth-order valence-electron chi connectivity index (χ4n) is 2.82. The Balaban J connectivity index is 2.01. The number of imidazole rings is 1. The molecule has 1 aromatic heterocycles. The molecule has 0 aliphatic heterocycles. The lowest BCUT2D eigenvalue weighted by Gasteiger charge is -2.15. The van der Waals surface area contributed by atoms with Crippen LogP contribution in [0.5, 0.6) is 0 Å². The minimum atomic E-state index is -0.222. The number of rotatable bonds is 4. The molecule has 0 unspecified atom stereocenters. The molecule has 1 aliphatic rings. The zero-order valence-electron chi connectivity index (χ0n) is 10.5. The van der Waals surface area contributed by atoms with Gasteiger partial charge in [-0.15, -0.1) is 0 Å². The van der Waals surface area contributed by atoms with Crippen LogP contribution in [0.1, 0.15) is 32.6 Å². The van der Waals surface area contributed by atoms with Crippen LogP contribution in [0.15, 0.2) is 18.2 Å². The molecule has 0 amide bonds. The van der Waals surface area contributed by atoms with Crippen LogP contribution in [0.3, 0.4) is 0 Å². The highest BCUT2D eigenvalue weighted by Crippen LogP contribution is 2.51. The molecule has 0 radical (unpaired) electrons. The molecule has 96 valence electrons. The van der Waals surface area contributed by atoms with Crippen LogP contribution in [0.25, 0.3) is 11.0 Å². The Morgan fingerprint density at radius 3 is 2.89 bits per heavy atom. The van der Waals surface area contributed by atoms with E-state index in [2.05, 4.69) is 16.5 Å². The summed E-state index contributed by atoms with van der Waals surface area (Å²) < 4.78 is 16.0. The van der Waals surface area contributed by atoms with Crippen molar-refractivity contribution in [1.29, 1.82) is 0 Å². The maximum Gasteiger partial charge on any atom is 0.178 e. The number of H-pyrrole nitrogens is 1. The van der Waals surface area contributed by atoms with Gasteiger partial charge in [-0.05, 0) is 55.1 Å². The average molecular weight is 264 g/mol. The second-order valence-electron chi connectivity index (χ2n) is 5.43. The Kier molecular flexibility index (Phi) is 2.77. The molecule has 0 atom stereocenters. The molecular weight excluding hydrogens is 247 g/mol. The maximum atomic E-state index is 13.2. The Bertz CT molecular complexity index is 637. The number of nitrogens with zero attached hydrogens (tertiary/aromatic N) is 1. The Morgan fingerprint density at radius 2 is 2.22 bits per heavy atom. The fraction of sp³-hybridized carbons (Fsp3) is 0.500. The number of halogens is 1. The van der Waals surface area contributed by atoms with E-state index < -0.39 is 0 Å². The largest absolute Gasteiger partial charge is 0.330 e. The van der Waals surface area contributed by atoms with Gasteiger partial charge in [0.25, 0.3) is 0 Å². The summed E-state index contributed by atoms with van der Waals surface area (Å²) in [6, 6.07) is 4.83. The van der Waals surface area contributed by atoms with Crippen LogP contribution in [0, 0.1) is 16.0 Å². The van der Waals surface area contributed by atoms with Crippen molar-refractivity contribution in [1.82, 2.24) is 9.55 Å². The third kappa shape index (κ3) is 1.99. The number of aromatic nitrogens is 2. The van der Waals surface area contributed by atoms with E-state index in [0.29, 0.717) is 10.2 Å². The summed E-state index contributed by atoms with van der Waals surface area (Å²) in [6.07, 6.45) is 5.04. The first-order valence-corrected chi connectivity index (χ1v) is 6.92. The van der Waals surface area contributed by atoms with Crippen LogP contribution < -0.4 is 0 Å². The minimum Gasteiger partial charge on any atom is -0.330 e. The van der Waals surface area contributed by atoms with Gasteiger partial charge in [-0.1, -0.05) is 13.3 Å². The highest BCUT2D eigenvalue weighted by atomic mass is 32.1. The monoisotopic (exact) mass is 264 g/mol. The van der Waals surface area contributed by atoms with Gasteiger partial charge in [0.05, 0.1) is 11.0 Å². The molecule has 2 aromatic rings. The van der Waals surface area contributed by atoms with Crippen molar-refractivity contribution in [2.75, 3.05) is 0 Å². The van der Waals surface area contributed by atoms with Gasteiger partial charge in [0.1, 0.15) is 5.82 Å². The van der Waals surface area contributed by atoms with Crippen molar-refractivity contribution in [3.05, 3.63) is 28.8 Å². The zero-order valence-corrected chi connectivity index (χ0v) is 11.3. The first-order chi connectivity index (χ1) is 8.63. The molecule has 1 fully saturated rings. The van der Waals surface area contributed by atoms with E-state index in [9.17, 15) is 4.39 Å². The lowest BCUT2D eigenvalue weighted by molar-refractivity contribution is 0.391. The van der Waals surface area contributed by atoms with Gasteiger partial charge in [-0.3, -0.25) is 0 Å². The van der Waals surface area contributed by atoms with E-state index in [0.717, 1.165) is 17.6 Å². The third-order valence-electron chi connectivity index (χ3n) is 3.97. The highest BCUT2D eigenvalue weighted by molar-refractivity contribution is 7.71. The maximum absolute atomic E-state index is 13.2. The fourth-order valence-corrected chi connectivity index (χ4v) is 3.10. The van der Waals surface area contributed by atoms with E-state index in [-0.39, 0.29) is 5.82 Å². The van der Waals surface area contributed by atoms with E-state index >= 15 is 0 Å². The van der Waals surface area contributed by atoms with Crippen LogP contribution in [-0.4, -0.2) is 9.55 Å². The summed E-state index contributed by atoms with van der Waals surface area (Å²) in [4.78, 5) is 3.10. The smallest absolute Gasteiger partial charge is 0.178 e. The summed E-state index contributed by atoms with van der Waals surface area (Å²) >= 11 is 5.36. The summed E-state index contributed by atoms with van der Waals surface area (Å²) in [5.41, 5.74) is 2.26. The summed E-state index contributed by atoms with van der Waals surface area (Å²) in [5, 5.41) is 0. The Hall–Kier alpha value is -1.16. The highest BCUT2D eigenvalue weighted by Gasteiger charge is 2.42. The predicted molar refractivity (Wildman–Crippen MR) is 73.7 cm³/mol. The standard InChI is InChI=1S/C14H17FN2S/c1-2-5-14(6-7-14)9-17-12-4-3-10(15)8-11(12)16-13(17)18/h3-4,8H,2,5-7,9H2,1H3,(H,16,18). The minimum absolute atomic E-state index is 0.222. The second-order valence-corrected chi connectivity index (χ2v) is 5.81. The molecular formula is C14H17FN2S. The van der Waals surface area contributed by atoms with E-state index in [1.54, 1.807) is 0 Å². The van der Waals surface area contributed by atoms with Crippen LogP contribution >= 0.6 is 12.2 Å². The van der Waals surface area contributed by atoms with Crippen molar-refractivity contribution in [2.45, 2.75) is 39.2 Å². The topological polar surface area (TPSA) is 20.7 Å². The molecule has 2 nitrogen and oxygen atoms in total. The molecule has 4 heteroatoms. The molecule has 1 N–H and O–H groups in total. The first kappa shape index (κ1) is 11.9. The summed E-state index contributed by atoms with van der Waals surface area (Å²) in [5.74, 6) is -0.222. The van der Waals surface area contributed by atoms with E-state index in [4.69, 9.17) is 12.2 Å². The van der Waals surface area contributed by atoms with Crippen molar-refractivity contribution >= 4 is 23.3 Å². The quantitative estimate of drug-likeness (QED) is 0.811. The number of fused-ring (bicyclic) bond motifs is 1. The molecule has 1 aliphatic carbocycles. The molecule has 3 rings (SSSR count). The first-order valence-electron chi connectivity index (χ1n) is 6.52. The van der Waals surface area contributed by atoms with Gasteiger partial charge in [0, 0.05) is 6.54 Å². The van der Waals surface area contributed by atoms with Gasteiger partial charge >= 0.3 is 0 Å². The number of hydrogen-bond acceptors (Lipinski definition) is 1. The normalized spacial score (nSPS) is 17.2. The average Bonchev–Trinajstić information content (AvgIpc) is 3.00. The molecule has 1 heterocycles. The molecule has 1 saturated carbocycles.